The highest BCUT2D eigenvalue weighted by Crippen LogP contribution is 2.49. The number of aliphatic carboxylic acids is 2. The van der Waals surface area contributed by atoms with E-state index in [4.69, 9.17) is 10.2 Å². The van der Waals surface area contributed by atoms with Crippen molar-refractivity contribution in [1.29, 1.82) is 0 Å². The Labute approximate surface area is 78.6 Å². The lowest BCUT2D eigenvalue weighted by molar-refractivity contribution is -0.152. The minimum atomic E-state index is -1.00. The molecule has 4 atom stereocenters. The van der Waals surface area contributed by atoms with Crippen molar-refractivity contribution in [2.75, 3.05) is 0 Å². The molecule has 2 aliphatic heterocycles. The van der Waals surface area contributed by atoms with Crippen LogP contribution in [0.25, 0.3) is 0 Å². The molecule has 0 aromatic rings. The van der Waals surface area contributed by atoms with Crippen molar-refractivity contribution in [3.8, 4) is 0 Å². The van der Waals surface area contributed by atoms with Crippen LogP contribution in [0.4, 0.5) is 0 Å². The highest BCUT2D eigenvalue weighted by molar-refractivity contribution is 8.01. The first kappa shape index (κ1) is 8.62. The predicted molar refractivity (Wildman–Crippen MR) is 46.6 cm³/mol. The molecule has 2 aliphatic rings. The molecule has 1 saturated heterocycles. The van der Waals surface area contributed by atoms with Crippen LogP contribution in [-0.2, 0) is 9.59 Å². The van der Waals surface area contributed by atoms with Gasteiger partial charge >= 0.3 is 11.9 Å². The summed E-state index contributed by atoms with van der Waals surface area (Å²) < 4.78 is 0. The molecule has 0 radical (unpaired) electrons. The second-order valence-electron chi connectivity index (χ2n) is 3.18. The normalized spacial score (nSPS) is 40.9. The van der Waals surface area contributed by atoms with E-state index in [0.29, 0.717) is 0 Å². The quantitative estimate of drug-likeness (QED) is 0.633. The number of carboxylic acid groups (broad SMARTS) is 2. The van der Waals surface area contributed by atoms with Crippen LogP contribution in [0.5, 0.6) is 0 Å². The third-order valence-corrected chi connectivity index (χ3v) is 4.00. The van der Waals surface area contributed by atoms with Gasteiger partial charge in [-0.1, -0.05) is 12.2 Å². The average Bonchev–Trinajstić information content (AvgIpc) is 2.60. The summed E-state index contributed by atoms with van der Waals surface area (Å²) in [6, 6.07) is 0. The van der Waals surface area contributed by atoms with Crippen molar-refractivity contribution in [3.63, 3.8) is 0 Å². The summed E-state index contributed by atoms with van der Waals surface area (Å²) in [7, 11) is 0. The lowest BCUT2D eigenvalue weighted by atomic mass is 9.83. The maximum atomic E-state index is 10.8. The van der Waals surface area contributed by atoms with E-state index in [0.717, 1.165) is 0 Å². The van der Waals surface area contributed by atoms with Gasteiger partial charge in [-0.2, -0.15) is 0 Å². The highest BCUT2D eigenvalue weighted by Gasteiger charge is 2.52. The zero-order chi connectivity index (χ0) is 9.59. The second kappa shape index (κ2) is 2.77. The summed E-state index contributed by atoms with van der Waals surface area (Å²) in [6.07, 6.45) is 3.60. The molecule has 0 aromatic carbocycles. The summed E-state index contributed by atoms with van der Waals surface area (Å²) in [6.45, 7) is 0. The smallest absolute Gasteiger partial charge is 0.308 e. The summed E-state index contributed by atoms with van der Waals surface area (Å²) in [5.41, 5.74) is 0. The summed E-state index contributed by atoms with van der Waals surface area (Å²) in [4.78, 5) is 21.6. The van der Waals surface area contributed by atoms with Gasteiger partial charge in [0.2, 0.25) is 0 Å². The number of fused-ring (bicyclic) bond motifs is 2. The first-order chi connectivity index (χ1) is 6.11. The summed E-state index contributed by atoms with van der Waals surface area (Å²) >= 11 is 1.43. The molecular weight excluding hydrogens is 192 g/mol. The fourth-order valence-electron chi connectivity index (χ4n) is 1.90. The largest absolute Gasteiger partial charge is 0.481 e. The molecule has 1 fully saturated rings. The van der Waals surface area contributed by atoms with Crippen molar-refractivity contribution in [2.45, 2.75) is 10.5 Å². The van der Waals surface area contributed by atoms with E-state index in [9.17, 15) is 9.59 Å². The number of rotatable bonds is 2. The molecule has 4 unspecified atom stereocenters. The lowest BCUT2D eigenvalue weighted by Gasteiger charge is -2.18. The molecule has 0 saturated carbocycles. The van der Waals surface area contributed by atoms with Gasteiger partial charge in [-0.15, -0.1) is 11.8 Å². The van der Waals surface area contributed by atoms with Gasteiger partial charge in [0.25, 0.3) is 0 Å². The van der Waals surface area contributed by atoms with E-state index in [1.807, 2.05) is 0 Å². The summed E-state index contributed by atoms with van der Waals surface area (Å²) in [5.74, 6) is -3.51. The molecule has 4 nitrogen and oxygen atoms in total. The molecule has 0 amide bonds. The van der Waals surface area contributed by atoms with Crippen LogP contribution < -0.4 is 0 Å². The Morgan fingerprint density at radius 1 is 1.00 bits per heavy atom. The Morgan fingerprint density at radius 3 is 1.69 bits per heavy atom. The number of hydrogen-bond donors (Lipinski definition) is 2. The van der Waals surface area contributed by atoms with Crippen LogP contribution in [0.1, 0.15) is 0 Å². The average molecular weight is 200 g/mol. The summed E-state index contributed by atoms with van der Waals surface area (Å²) in [5, 5.41) is 17.4. The van der Waals surface area contributed by atoms with Crippen LogP contribution in [0.2, 0.25) is 0 Å². The molecule has 2 N–H and O–H groups in total. The number of carboxylic acids is 2. The molecular formula is C8H8O4S. The number of thioether (sulfide) groups is 1. The Hall–Kier alpha value is -0.970. The second-order valence-corrected chi connectivity index (χ2v) is 4.54. The van der Waals surface area contributed by atoms with E-state index in [1.165, 1.54) is 11.8 Å². The van der Waals surface area contributed by atoms with E-state index in [2.05, 4.69) is 0 Å². The minimum Gasteiger partial charge on any atom is -0.481 e. The predicted octanol–water partition coefficient (Wildman–Crippen LogP) is 0.442. The number of hydrogen-bond acceptors (Lipinski definition) is 3. The first-order valence-corrected chi connectivity index (χ1v) is 4.85. The van der Waals surface area contributed by atoms with Gasteiger partial charge < -0.3 is 10.2 Å². The Bertz CT molecular complexity index is 271. The number of carbonyl (C=O) groups is 2. The van der Waals surface area contributed by atoms with Gasteiger partial charge in [0.15, 0.2) is 0 Å². The zero-order valence-corrected chi connectivity index (χ0v) is 7.40. The fourth-order valence-corrected chi connectivity index (χ4v) is 3.53. The Kier molecular flexibility index (Phi) is 1.83. The van der Waals surface area contributed by atoms with Crippen LogP contribution in [0.15, 0.2) is 12.2 Å². The minimum absolute atomic E-state index is 0.149. The van der Waals surface area contributed by atoms with Gasteiger partial charge in [-0.25, -0.2) is 0 Å². The third-order valence-electron chi connectivity index (χ3n) is 2.47. The highest BCUT2D eigenvalue weighted by atomic mass is 32.2. The molecule has 70 valence electrons. The van der Waals surface area contributed by atoms with Gasteiger partial charge in [0.1, 0.15) is 0 Å². The third kappa shape index (κ3) is 1.14. The Balaban J connectivity index is 2.30. The standard InChI is InChI=1S/C8H8O4S/c9-7(10)5-3-1-2-4(13-3)6(5)8(11)12/h1-6H,(H,9,10)(H,11,12). The van der Waals surface area contributed by atoms with Crippen molar-refractivity contribution in [2.24, 2.45) is 11.8 Å². The van der Waals surface area contributed by atoms with Crippen molar-refractivity contribution < 1.29 is 19.8 Å². The van der Waals surface area contributed by atoms with Crippen molar-refractivity contribution in [1.82, 2.24) is 0 Å². The lowest BCUT2D eigenvalue weighted by Crippen LogP contribution is -2.36. The van der Waals surface area contributed by atoms with Crippen LogP contribution in [0.3, 0.4) is 0 Å². The van der Waals surface area contributed by atoms with Gasteiger partial charge in [-0.05, 0) is 0 Å². The maximum Gasteiger partial charge on any atom is 0.308 e. The molecule has 2 bridgehead atoms. The van der Waals surface area contributed by atoms with E-state index in [1.54, 1.807) is 12.2 Å². The van der Waals surface area contributed by atoms with Crippen LogP contribution in [-0.4, -0.2) is 32.7 Å². The maximum absolute atomic E-state index is 10.8. The molecule has 5 heteroatoms. The van der Waals surface area contributed by atoms with Gasteiger partial charge in [0.05, 0.1) is 11.8 Å². The molecule has 0 aliphatic carbocycles. The molecule has 0 spiro atoms. The van der Waals surface area contributed by atoms with E-state index in [-0.39, 0.29) is 10.5 Å². The van der Waals surface area contributed by atoms with E-state index >= 15 is 0 Å². The van der Waals surface area contributed by atoms with Crippen molar-refractivity contribution in [3.05, 3.63) is 12.2 Å². The first-order valence-electron chi connectivity index (χ1n) is 3.90. The van der Waals surface area contributed by atoms with Crippen LogP contribution >= 0.6 is 11.8 Å². The van der Waals surface area contributed by atoms with Crippen LogP contribution in [0, 0.1) is 11.8 Å². The monoisotopic (exact) mass is 200 g/mol. The SMILES string of the molecule is O=C(O)C1C2C=CC(S2)C1C(=O)O. The Morgan fingerprint density at radius 2 is 1.38 bits per heavy atom. The molecule has 2 rings (SSSR count). The topological polar surface area (TPSA) is 74.6 Å². The van der Waals surface area contributed by atoms with Crippen molar-refractivity contribution >= 4 is 23.7 Å². The molecule has 13 heavy (non-hydrogen) atoms. The zero-order valence-electron chi connectivity index (χ0n) is 6.58. The van der Waals surface area contributed by atoms with E-state index < -0.39 is 23.8 Å². The van der Waals surface area contributed by atoms with Gasteiger partial charge in [-0.3, -0.25) is 9.59 Å². The van der Waals surface area contributed by atoms with Gasteiger partial charge in [0, 0.05) is 10.5 Å². The fraction of sp³-hybridized carbons (Fsp3) is 0.500. The molecule has 2 heterocycles. The molecule has 0 aromatic heterocycles.